The average Bonchev–Trinajstić information content (AvgIpc) is 3.57. The number of carbonyl (C=O) groups is 1. The van der Waals surface area contributed by atoms with E-state index in [0.29, 0.717) is 5.92 Å². The highest BCUT2D eigenvalue weighted by atomic mass is 16.7. The van der Waals surface area contributed by atoms with Crippen LogP contribution in [0.5, 0.6) is 5.75 Å². The quantitative estimate of drug-likeness (QED) is 0.133. The van der Waals surface area contributed by atoms with Crippen LogP contribution in [0, 0.1) is 33.6 Å². The van der Waals surface area contributed by atoms with E-state index in [4.69, 9.17) is 14.2 Å². The summed E-state index contributed by atoms with van der Waals surface area (Å²) in [5.41, 5.74) is 8.72. The molecule has 5 aromatic rings. The van der Waals surface area contributed by atoms with E-state index < -0.39 is 6.16 Å². The van der Waals surface area contributed by atoms with Gasteiger partial charge >= 0.3 is 6.16 Å². The SMILES string of the molecule is COc1ccc(COC(=O)OCn2ccnc2C(C)c2cccc(C)c2C)cc1.Cc1cccc(C(C)c2nccn2CC2CC2)c1C. The molecule has 0 saturated heterocycles. The van der Waals surface area contributed by atoms with Crippen molar-refractivity contribution in [3.63, 3.8) is 0 Å². The minimum Gasteiger partial charge on any atom is -0.497 e. The van der Waals surface area contributed by atoms with Crippen LogP contribution in [0.25, 0.3) is 0 Å². The van der Waals surface area contributed by atoms with Crippen LogP contribution in [0.2, 0.25) is 0 Å². The zero-order valence-corrected chi connectivity index (χ0v) is 29.3. The van der Waals surface area contributed by atoms with Crippen molar-refractivity contribution in [3.05, 3.63) is 136 Å². The topological polar surface area (TPSA) is 80.4 Å². The predicted octanol–water partition coefficient (Wildman–Crippen LogP) is 9.03. The van der Waals surface area contributed by atoms with Crippen LogP contribution < -0.4 is 4.74 Å². The number of hydrogen-bond donors (Lipinski definition) is 0. The minimum absolute atomic E-state index is 0.0476. The summed E-state index contributed by atoms with van der Waals surface area (Å²) >= 11 is 0. The number of methoxy groups -OCH3 is 1. The Hall–Kier alpha value is -4.85. The van der Waals surface area contributed by atoms with Gasteiger partial charge in [0.2, 0.25) is 0 Å². The number of nitrogens with zero attached hydrogens (tertiary/aromatic N) is 4. The van der Waals surface area contributed by atoms with Gasteiger partial charge in [0.1, 0.15) is 24.0 Å². The summed E-state index contributed by atoms with van der Waals surface area (Å²) in [7, 11) is 1.61. The van der Waals surface area contributed by atoms with E-state index in [1.54, 1.807) is 19.5 Å². The Bertz CT molecular complexity index is 1800. The lowest BCUT2D eigenvalue weighted by Crippen LogP contribution is -2.14. The number of ether oxygens (including phenoxy) is 3. The van der Waals surface area contributed by atoms with E-state index in [0.717, 1.165) is 29.6 Å². The van der Waals surface area contributed by atoms with Gasteiger partial charge in [-0.25, -0.2) is 14.8 Å². The molecule has 0 aliphatic heterocycles. The van der Waals surface area contributed by atoms with Gasteiger partial charge in [0.25, 0.3) is 0 Å². The third-order valence-corrected chi connectivity index (χ3v) is 9.49. The van der Waals surface area contributed by atoms with Crippen molar-refractivity contribution in [2.45, 2.75) is 86.1 Å². The maximum absolute atomic E-state index is 12.0. The highest BCUT2D eigenvalue weighted by molar-refractivity contribution is 5.59. The van der Waals surface area contributed by atoms with Gasteiger partial charge in [-0.2, -0.15) is 0 Å². The van der Waals surface area contributed by atoms with Gasteiger partial charge in [-0.05, 0) is 97.5 Å². The lowest BCUT2D eigenvalue weighted by atomic mass is 9.93. The molecule has 2 atom stereocenters. The molecule has 8 nitrogen and oxygen atoms in total. The van der Waals surface area contributed by atoms with Crippen LogP contribution >= 0.6 is 0 Å². The molecule has 6 rings (SSSR count). The molecule has 2 aromatic heterocycles. The van der Waals surface area contributed by atoms with E-state index in [1.165, 1.54) is 52.0 Å². The molecular weight excluding hydrogens is 600 g/mol. The van der Waals surface area contributed by atoms with Gasteiger partial charge < -0.3 is 23.3 Å². The summed E-state index contributed by atoms with van der Waals surface area (Å²) in [6.07, 6.45) is 9.64. The van der Waals surface area contributed by atoms with Gasteiger partial charge in [0.15, 0.2) is 6.73 Å². The summed E-state index contributed by atoms with van der Waals surface area (Å²) in [6.45, 7) is 14.3. The molecule has 1 saturated carbocycles. The number of rotatable bonds is 11. The summed E-state index contributed by atoms with van der Waals surface area (Å²) in [4.78, 5) is 21.1. The van der Waals surface area contributed by atoms with E-state index in [1.807, 2.05) is 35.0 Å². The molecule has 0 radical (unpaired) electrons. The number of imidazole rings is 2. The summed E-state index contributed by atoms with van der Waals surface area (Å²) in [5, 5.41) is 0. The molecule has 252 valence electrons. The third kappa shape index (κ3) is 8.54. The standard InChI is InChI=1S/C23H26N2O4.C17H22N2/c1-16-6-5-7-21(17(16)2)18(3)22-24-12-13-25(22)15-29-23(26)28-14-19-8-10-20(27-4)11-9-19;1-12-5-4-6-16(13(12)2)14(3)17-18-9-10-19(17)11-15-7-8-15/h5-13,18H,14-15H2,1-4H3;4-6,9-10,14-15H,7-8,11H2,1-3H3. The molecule has 3 aromatic carbocycles. The fourth-order valence-electron chi connectivity index (χ4n) is 6.04. The van der Waals surface area contributed by atoms with E-state index >= 15 is 0 Å². The molecule has 1 fully saturated rings. The number of aryl methyl sites for hydroxylation is 2. The van der Waals surface area contributed by atoms with Crippen LogP contribution in [0.1, 0.15) is 89.1 Å². The van der Waals surface area contributed by atoms with Crippen molar-refractivity contribution in [1.29, 1.82) is 0 Å². The van der Waals surface area contributed by atoms with E-state index in [9.17, 15) is 4.79 Å². The fourth-order valence-corrected chi connectivity index (χ4v) is 6.04. The Labute approximate surface area is 284 Å². The van der Waals surface area contributed by atoms with Gasteiger partial charge in [0.05, 0.1) is 7.11 Å². The second-order valence-corrected chi connectivity index (χ2v) is 12.8. The molecule has 0 bridgehead atoms. The van der Waals surface area contributed by atoms with Crippen LogP contribution in [-0.2, 0) is 29.4 Å². The van der Waals surface area contributed by atoms with Crippen LogP contribution in [-0.4, -0.2) is 32.4 Å². The Morgan fingerprint density at radius 1 is 0.771 bits per heavy atom. The first kappa shape index (κ1) is 34.5. The molecule has 0 N–H and O–H groups in total. The maximum atomic E-state index is 12.0. The first-order chi connectivity index (χ1) is 23.2. The lowest BCUT2D eigenvalue weighted by molar-refractivity contribution is 0.0282. The summed E-state index contributed by atoms with van der Waals surface area (Å²) < 4.78 is 19.7. The van der Waals surface area contributed by atoms with Crippen LogP contribution in [0.15, 0.2) is 85.5 Å². The van der Waals surface area contributed by atoms with Crippen LogP contribution in [0.3, 0.4) is 0 Å². The molecule has 1 aliphatic carbocycles. The van der Waals surface area contributed by atoms with Gasteiger partial charge in [-0.15, -0.1) is 0 Å². The zero-order chi connectivity index (χ0) is 34.2. The Morgan fingerprint density at radius 3 is 1.85 bits per heavy atom. The summed E-state index contributed by atoms with van der Waals surface area (Å²) in [6, 6.07) is 20.1. The first-order valence-corrected chi connectivity index (χ1v) is 16.7. The van der Waals surface area contributed by atoms with Crippen molar-refractivity contribution < 1.29 is 19.0 Å². The molecule has 2 unspecified atom stereocenters. The number of hydrogen-bond acceptors (Lipinski definition) is 6. The molecular formula is C40H48N4O4. The van der Waals surface area contributed by atoms with Crippen molar-refractivity contribution in [3.8, 4) is 5.75 Å². The normalized spacial score (nSPS) is 13.6. The monoisotopic (exact) mass is 648 g/mol. The molecule has 1 aliphatic rings. The van der Waals surface area contributed by atoms with Crippen molar-refractivity contribution >= 4 is 6.16 Å². The predicted molar refractivity (Wildman–Crippen MR) is 188 cm³/mol. The maximum Gasteiger partial charge on any atom is 0.510 e. The average molecular weight is 649 g/mol. The zero-order valence-electron chi connectivity index (χ0n) is 29.3. The Kier molecular flexibility index (Phi) is 11.4. The van der Waals surface area contributed by atoms with Crippen molar-refractivity contribution in [2.24, 2.45) is 5.92 Å². The molecule has 2 heterocycles. The third-order valence-electron chi connectivity index (χ3n) is 9.49. The second kappa shape index (κ2) is 15.8. The second-order valence-electron chi connectivity index (χ2n) is 12.8. The van der Waals surface area contributed by atoms with E-state index in [-0.39, 0.29) is 19.3 Å². The molecule has 8 heteroatoms. The van der Waals surface area contributed by atoms with Gasteiger partial charge in [0, 0.05) is 43.2 Å². The van der Waals surface area contributed by atoms with Crippen molar-refractivity contribution in [2.75, 3.05) is 7.11 Å². The largest absolute Gasteiger partial charge is 0.510 e. The fraction of sp³-hybridized carbons (Fsp3) is 0.375. The highest BCUT2D eigenvalue weighted by Gasteiger charge is 2.24. The smallest absolute Gasteiger partial charge is 0.497 e. The lowest BCUT2D eigenvalue weighted by Gasteiger charge is -2.17. The minimum atomic E-state index is -0.722. The van der Waals surface area contributed by atoms with E-state index in [2.05, 4.69) is 98.7 Å². The Balaban J connectivity index is 0.000000204. The summed E-state index contributed by atoms with van der Waals surface area (Å²) in [5.74, 6) is 4.13. The number of aromatic nitrogens is 4. The molecule has 0 spiro atoms. The molecule has 0 amide bonds. The van der Waals surface area contributed by atoms with Gasteiger partial charge in [-0.3, -0.25) is 0 Å². The number of carbonyl (C=O) groups excluding carboxylic acids is 1. The molecule has 48 heavy (non-hydrogen) atoms. The number of benzene rings is 3. The Morgan fingerprint density at radius 2 is 1.31 bits per heavy atom. The van der Waals surface area contributed by atoms with Gasteiger partial charge in [-0.1, -0.05) is 62.4 Å². The first-order valence-electron chi connectivity index (χ1n) is 16.7. The van der Waals surface area contributed by atoms with Crippen molar-refractivity contribution in [1.82, 2.24) is 19.1 Å². The van der Waals surface area contributed by atoms with Crippen LogP contribution in [0.4, 0.5) is 4.79 Å². The highest BCUT2D eigenvalue weighted by Crippen LogP contribution is 2.33.